The van der Waals surface area contributed by atoms with E-state index in [9.17, 15) is 0 Å². The van der Waals surface area contributed by atoms with Crippen molar-refractivity contribution in [2.75, 3.05) is 0 Å². The highest BCUT2D eigenvalue weighted by Gasteiger charge is 2.28. The van der Waals surface area contributed by atoms with Crippen LogP contribution in [0.15, 0.2) is 36.2 Å². The van der Waals surface area contributed by atoms with Crippen molar-refractivity contribution in [3.05, 3.63) is 64.2 Å². The minimum Gasteiger partial charge on any atom is -0.282 e. The molecule has 3 aromatic heterocycles. The molecule has 0 saturated heterocycles. The average molecular weight is 360 g/mol. The molecule has 5 heteroatoms. The van der Waals surface area contributed by atoms with E-state index in [1.807, 2.05) is 24.1 Å². The lowest BCUT2D eigenvalue weighted by Gasteiger charge is -2.13. The molecule has 3 heterocycles. The van der Waals surface area contributed by atoms with Gasteiger partial charge in [-0.1, -0.05) is 0 Å². The summed E-state index contributed by atoms with van der Waals surface area (Å²) >= 11 is 1.73. The van der Waals surface area contributed by atoms with E-state index < -0.39 is 0 Å². The SMILES string of the molecule is Cc1ccncc1Cc1[nH]ncc1-c1c(C)c(C2CC2)cc2scnc12. The molecule has 4 aromatic rings. The Kier molecular flexibility index (Phi) is 3.64. The van der Waals surface area contributed by atoms with E-state index in [2.05, 4.69) is 46.1 Å². The van der Waals surface area contributed by atoms with Crippen molar-refractivity contribution in [2.24, 2.45) is 0 Å². The van der Waals surface area contributed by atoms with Crippen molar-refractivity contribution in [1.82, 2.24) is 20.2 Å². The number of fused-ring (bicyclic) bond motifs is 1. The van der Waals surface area contributed by atoms with E-state index in [1.165, 1.54) is 50.9 Å². The zero-order valence-corrected chi connectivity index (χ0v) is 15.7. The standard InChI is InChI=1S/C21H20N4S/c1-12-5-6-22-9-15(12)7-18-17(10-24-25-18)20-13(2)16(14-3-4-14)8-19-21(20)23-11-26-19/h5-6,8-11,14H,3-4,7H2,1-2H3,(H,24,25). The molecule has 0 spiro atoms. The van der Waals surface area contributed by atoms with E-state index in [-0.39, 0.29) is 0 Å². The third-order valence-corrected chi connectivity index (χ3v) is 6.22. The van der Waals surface area contributed by atoms with E-state index in [1.54, 1.807) is 11.3 Å². The first-order valence-electron chi connectivity index (χ1n) is 9.01. The number of nitrogens with one attached hydrogen (secondary N) is 1. The maximum atomic E-state index is 4.69. The number of aryl methyl sites for hydroxylation is 1. The molecule has 26 heavy (non-hydrogen) atoms. The van der Waals surface area contributed by atoms with Gasteiger partial charge in [0.2, 0.25) is 0 Å². The van der Waals surface area contributed by atoms with Gasteiger partial charge in [-0.15, -0.1) is 11.3 Å². The maximum Gasteiger partial charge on any atom is 0.0894 e. The smallest absolute Gasteiger partial charge is 0.0894 e. The topological polar surface area (TPSA) is 54.5 Å². The van der Waals surface area contributed by atoms with E-state index in [4.69, 9.17) is 0 Å². The Hall–Kier alpha value is -2.53. The molecule has 0 atom stereocenters. The lowest BCUT2D eigenvalue weighted by molar-refractivity contribution is 0.983. The van der Waals surface area contributed by atoms with Crippen LogP contribution >= 0.6 is 11.3 Å². The molecule has 1 aromatic carbocycles. The van der Waals surface area contributed by atoms with Crippen LogP contribution in [-0.4, -0.2) is 20.2 Å². The molecular formula is C21H20N4S. The number of hydrogen-bond donors (Lipinski definition) is 1. The molecule has 1 aliphatic carbocycles. The summed E-state index contributed by atoms with van der Waals surface area (Å²) in [6.45, 7) is 4.37. The number of thiazole rings is 1. The Labute approximate surface area is 156 Å². The Morgan fingerprint density at radius 1 is 1.23 bits per heavy atom. The third-order valence-electron chi connectivity index (χ3n) is 5.45. The highest BCUT2D eigenvalue weighted by molar-refractivity contribution is 7.16. The number of hydrogen-bond acceptors (Lipinski definition) is 4. The summed E-state index contributed by atoms with van der Waals surface area (Å²) in [6, 6.07) is 4.41. The molecule has 0 radical (unpaired) electrons. The number of benzene rings is 1. The fourth-order valence-corrected chi connectivity index (χ4v) is 4.53. The van der Waals surface area contributed by atoms with Crippen LogP contribution in [0.1, 0.15) is 46.7 Å². The van der Waals surface area contributed by atoms with Crippen molar-refractivity contribution in [2.45, 2.75) is 39.0 Å². The Balaban J connectivity index is 1.68. The van der Waals surface area contributed by atoms with Crippen LogP contribution in [0.25, 0.3) is 21.3 Å². The maximum absolute atomic E-state index is 4.69. The zero-order valence-electron chi connectivity index (χ0n) is 14.9. The number of aromatic amines is 1. The fraction of sp³-hybridized carbons (Fsp3) is 0.286. The van der Waals surface area contributed by atoms with Crippen LogP contribution in [0.3, 0.4) is 0 Å². The highest BCUT2D eigenvalue weighted by atomic mass is 32.1. The second-order valence-corrected chi connectivity index (χ2v) is 8.07. The van der Waals surface area contributed by atoms with Crippen molar-refractivity contribution in [3.63, 3.8) is 0 Å². The van der Waals surface area contributed by atoms with Crippen molar-refractivity contribution >= 4 is 21.6 Å². The van der Waals surface area contributed by atoms with Crippen LogP contribution in [0.2, 0.25) is 0 Å². The van der Waals surface area contributed by atoms with Crippen LogP contribution in [0, 0.1) is 13.8 Å². The van der Waals surface area contributed by atoms with Gasteiger partial charge in [0.15, 0.2) is 0 Å². The second-order valence-electron chi connectivity index (χ2n) is 7.18. The van der Waals surface area contributed by atoms with Crippen molar-refractivity contribution in [1.29, 1.82) is 0 Å². The summed E-state index contributed by atoms with van der Waals surface area (Å²) in [5, 5.41) is 7.60. The fourth-order valence-electron chi connectivity index (χ4n) is 3.80. The van der Waals surface area contributed by atoms with Gasteiger partial charge in [-0.05, 0) is 67.0 Å². The summed E-state index contributed by atoms with van der Waals surface area (Å²) in [7, 11) is 0. The molecular weight excluding hydrogens is 340 g/mol. The Bertz CT molecular complexity index is 1100. The first-order valence-corrected chi connectivity index (χ1v) is 9.89. The van der Waals surface area contributed by atoms with Crippen LogP contribution < -0.4 is 0 Å². The largest absolute Gasteiger partial charge is 0.282 e. The van der Waals surface area contributed by atoms with Gasteiger partial charge in [0, 0.05) is 35.6 Å². The highest BCUT2D eigenvalue weighted by Crippen LogP contribution is 2.46. The number of H-pyrrole nitrogens is 1. The van der Waals surface area contributed by atoms with Crippen molar-refractivity contribution < 1.29 is 0 Å². The molecule has 1 fully saturated rings. The summed E-state index contributed by atoms with van der Waals surface area (Å²) in [5.41, 5.74) is 11.9. The molecule has 4 nitrogen and oxygen atoms in total. The first-order chi connectivity index (χ1) is 12.7. The Morgan fingerprint density at radius 2 is 2.12 bits per heavy atom. The van der Waals surface area contributed by atoms with Gasteiger partial charge in [-0.25, -0.2) is 4.98 Å². The summed E-state index contributed by atoms with van der Waals surface area (Å²) < 4.78 is 1.28. The van der Waals surface area contributed by atoms with Crippen LogP contribution in [-0.2, 0) is 6.42 Å². The van der Waals surface area contributed by atoms with Gasteiger partial charge < -0.3 is 0 Å². The quantitative estimate of drug-likeness (QED) is 0.546. The summed E-state index contributed by atoms with van der Waals surface area (Å²) in [5.74, 6) is 0.719. The van der Waals surface area contributed by atoms with Gasteiger partial charge in [0.25, 0.3) is 0 Å². The van der Waals surface area contributed by atoms with E-state index in [0.29, 0.717) is 0 Å². The number of aromatic nitrogens is 4. The zero-order chi connectivity index (χ0) is 17.7. The molecule has 130 valence electrons. The van der Waals surface area contributed by atoms with Gasteiger partial charge in [-0.3, -0.25) is 10.1 Å². The van der Waals surface area contributed by atoms with Crippen LogP contribution in [0.5, 0.6) is 0 Å². The second kappa shape index (κ2) is 6.02. The van der Waals surface area contributed by atoms with Crippen LogP contribution in [0.4, 0.5) is 0 Å². The molecule has 0 amide bonds. The van der Waals surface area contributed by atoms with Gasteiger partial charge in [0.05, 0.1) is 21.9 Å². The first kappa shape index (κ1) is 15.7. The average Bonchev–Trinajstić information content (AvgIpc) is 3.20. The molecule has 1 saturated carbocycles. The normalized spacial score (nSPS) is 14.2. The Morgan fingerprint density at radius 3 is 2.92 bits per heavy atom. The predicted molar refractivity (Wildman–Crippen MR) is 106 cm³/mol. The number of rotatable bonds is 4. The number of nitrogens with zero attached hydrogens (tertiary/aromatic N) is 3. The molecule has 0 aliphatic heterocycles. The minimum absolute atomic E-state index is 0.719. The predicted octanol–water partition coefficient (Wildman–Crippen LogP) is 5.17. The van der Waals surface area contributed by atoms with Gasteiger partial charge in [0.1, 0.15) is 0 Å². The van der Waals surface area contributed by atoms with E-state index >= 15 is 0 Å². The van der Waals surface area contributed by atoms with Gasteiger partial charge in [-0.2, -0.15) is 5.10 Å². The monoisotopic (exact) mass is 360 g/mol. The van der Waals surface area contributed by atoms with Gasteiger partial charge >= 0.3 is 0 Å². The minimum atomic E-state index is 0.719. The summed E-state index contributed by atoms with van der Waals surface area (Å²) in [6.07, 6.45) is 9.16. The molecule has 5 rings (SSSR count). The number of pyridine rings is 1. The van der Waals surface area contributed by atoms with Crippen molar-refractivity contribution in [3.8, 4) is 11.1 Å². The molecule has 1 aliphatic rings. The third kappa shape index (κ3) is 2.54. The lowest BCUT2D eigenvalue weighted by Crippen LogP contribution is -1.98. The molecule has 0 unspecified atom stereocenters. The van der Waals surface area contributed by atoms with E-state index in [0.717, 1.165) is 23.5 Å². The summed E-state index contributed by atoms with van der Waals surface area (Å²) in [4.78, 5) is 8.97. The molecule has 0 bridgehead atoms. The molecule has 1 N–H and O–H groups in total. The lowest BCUT2D eigenvalue weighted by atomic mass is 9.92.